The molecule has 0 aromatic heterocycles. The fourth-order valence-corrected chi connectivity index (χ4v) is 3.52. The lowest BCUT2D eigenvalue weighted by Gasteiger charge is -2.24. The fraction of sp³-hybridized carbons (Fsp3) is 0.333. The van der Waals surface area contributed by atoms with E-state index in [0.717, 1.165) is 17.5 Å². The maximum absolute atomic E-state index is 12.7. The van der Waals surface area contributed by atoms with Crippen LogP contribution in [0.15, 0.2) is 48.5 Å². The molecule has 7 heteroatoms. The quantitative estimate of drug-likeness (QED) is 0.834. The summed E-state index contributed by atoms with van der Waals surface area (Å²) in [5.41, 5.74) is 1.95. The van der Waals surface area contributed by atoms with Gasteiger partial charge in [-0.3, -0.25) is 4.79 Å². The number of amides is 3. The third-order valence-electron chi connectivity index (χ3n) is 5.01. The third kappa shape index (κ3) is 4.03. The van der Waals surface area contributed by atoms with E-state index in [4.69, 9.17) is 9.47 Å². The summed E-state index contributed by atoms with van der Waals surface area (Å²) < 4.78 is 10.7. The van der Waals surface area contributed by atoms with Crippen LogP contribution in [-0.2, 0) is 17.9 Å². The lowest BCUT2D eigenvalue weighted by Crippen LogP contribution is -2.49. The Kier molecular flexibility index (Phi) is 5.32. The summed E-state index contributed by atoms with van der Waals surface area (Å²) in [6.45, 7) is 1.64. The van der Waals surface area contributed by atoms with Crippen molar-refractivity contribution in [2.45, 2.75) is 32.0 Å². The smallest absolute Gasteiger partial charge is 0.318 e. The Hall–Kier alpha value is -3.22. The second kappa shape index (κ2) is 8.21. The normalized spacial score (nSPS) is 17.4. The largest absolute Gasteiger partial charge is 0.454 e. The fourth-order valence-electron chi connectivity index (χ4n) is 3.52. The molecule has 146 valence electrons. The van der Waals surface area contributed by atoms with E-state index in [1.807, 2.05) is 48.5 Å². The van der Waals surface area contributed by atoms with Crippen molar-refractivity contribution >= 4 is 11.9 Å². The third-order valence-corrected chi connectivity index (χ3v) is 5.01. The number of rotatable bonds is 5. The lowest BCUT2D eigenvalue weighted by molar-refractivity contribution is -0.124. The standard InChI is InChI=1S/C21H23N3O4/c25-20(22-13-16-8-9-18-19(11-16)28-14-27-18)17-7-4-10-24(17)21(26)23-12-15-5-2-1-3-6-15/h1-3,5-6,8-9,11,17H,4,7,10,12-14H2,(H,22,25)(H,23,26). The van der Waals surface area contributed by atoms with Gasteiger partial charge in [-0.2, -0.15) is 0 Å². The number of benzene rings is 2. The average Bonchev–Trinajstić information content (AvgIpc) is 3.40. The summed E-state index contributed by atoms with van der Waals surface area (Å²) in [5, 5.41) is 5.84. The molecular formula is C21H23N3O4. The van der Waals surface area contributed by atoms with E-state index in [1.165, 1.54) is 0 Å². The second-order valence-corrected chi connectivity index (χ2v) is 6.90. The van der Waals surface area contributed by atoms with Gasteiger partial charge in [0.05, 0.1) is 0 Å². The van der Waals surface area contributed by atoms with Crippen LogP contribution in [0.4, 0.5) is 4.79 Å². The molecule has 2 heterocycles. The first-order valence-electron chi connectivity index (χ1n) is 9.45. The van der Waals surface area contributed by atoms with Crippen LogP contribution in [0.3, 0.4) is 0 Å². The van der Waals surface area contributed by atoms with Gasteiger partial charge in [0.2, 0.25) is 12.7 Å². The van der Waals surface area contributed by atoms with Gasteiger partial charge in [-0.05, 0) is 36.1 Å². The Morgan fingerprint density at radius 3 is 2.61 bits per heavy atom. The summed E-state index contributed by atoms with van der Waals surface area (Å²) >= 11 is 0. The van der Waals surface area contributed by atoms with Gasteiger partial charge in [0.1, 0.15) is 6.04 Å². The molecule has 3 amide bonds. The summed E-state index contributed by atoms with van der Waals surface area (Å²) in [6.07, 6.45) is 1.49. The van der Waals surface area contributed by atoms with Crippen LogP contribution in [0.2, 0.25) is 0 Å². The molecule has 2 aliphatic heterocycles. The van der Waals surface area contributed by atoms with Crippen LogP contribution in [0.5, 0.6) is 11.5 Å². The highest BCUT2D eigenvalue weighted by atomic mass is 16.7. The number of urea groups is 1. The molecule has 0 bridgehead atoms. The Bertz CT molecular complexity index is 856. The molecule has 0 aliphatic carbocycles. The van der Waals surface area contributed by atoms with Crippen LogP contribution in [0.25, 0.3) is 0 Å². The predicted octanol–water partition coefficient (Wildman–Crippen LogP) is 2.41. The Morgan fingerprint density at radius 2 is 1.75 bits per heavy atom. The molecule has 1 atom stereocenters. The molecule has 2 N–H and O–H groups in total. The molecule has 0 radical (unpaired) electrons. The van der Waals surface area contributed by atoms with E-state index in [0.29, 0.717) is 37.6 Å². The van der Waals surface area contributed by atoms with Crippen LogP contribution >= 0.6 is 0 Å². The summed E-state index contributed by atoms with van der Waals surface area (Å²) in [7, 11) is 0. The first-order chi connectivity index (χ1) is 13.7. The van der Waals surface area contributed by atoms with Crippen LogP contribution in [-0.4, -0.2) is 36.2 Å². The monoisotopic (exact) mass is 381 g/mol. The number of nitrogens with one attached hydrogen (secondary N) is 2. The number of nitrogens with zero attached hydrogens (tertiary/aromatic N) is 1. The molecule has 1 fully saturated rings. The minimum absolute atomic E-state index is 0.134. The molecule has 0 saturated carbocycles. The van der Waals surface area contributed by atoms with E-state index < -0.39 is 6.04 Å². The van der Waals surface area contributed by atoms with Crippen LogP contribution < -0.4 is 20.1 Å². The number of likely N-dealkylation sites (tertiary alicyclic amines) is 1. The van der Waals surface area contributed by atoms with Crippen molar-refractivity contribution in [1.29, 1.82) is 0 Å². The van der Waals surface area contributed by atoms with Crippen molar-refractivity contribution in [3.05, 3.63) is 59.7 Å². The minimum Gasteiger partial charge on any atom is -0.454 e. The number of fused-ring (bicyclic) bond motifs is 1. The molecule has 4 rings (SSSR count). The van der Waals surface area contributed by atoms with E-state index in [-0.39, 0.29) is 18.7 Å². The first-order valence-corrected chi connectivity index (χ1v) is 9.45. The maximum Gasteiger partial charge on any atom is 0.318 e. The van der Waals surface area contributed by atoms with E-state index in [9.17, 15) is 9.59 Å². The van der Waals surface area contributed by atoms with Gasteiger partial charge in [0.25, 0.3) is 0 Å². The highest BCUT2D eigenvalue weighted by Crippen LogP contribution is 2.32. The number of carbonyl (C=O) groups excluding carboxylic acids is 2. The molecule has 2 aromatic carbocycles. The summed E-state index contributed by atoms with van der Waals surface area (Å²) in [5.74, 6) is 1.27. The predicted molar refractivity (Wildman–Crippen MR) is 103 cm³/mol. The summed E-state index contributed by atoms with van der Waals surface area (Å²) in [6, 6.07) is 14.7. The Morgan fingerprint density at radius 1 is 0.964 bits per heavy atom. The van der Waals surface area contributed by atoms with Gasteiger partial charge in [-0.25, -0.2) is 4.79 Å². The molecule has 28 heavy (non-hydrogen) atoms. The maximum atomic E-state index is 12.7. The van der Waals surface area contributed by atoms with Crippen LogP contribution in [0, 0.1) is 0 Å². The van der Waals surface area contributed by atoms with Crippen molar-refractivity contribution in [3.8, 4) is 11.5 Å². The van der Waals surface area contributed by atoms with Crippen LogP contribution in [0.1, 0.15) is 24.0 Å². The number of ether oxygens (including phenoxy) is 2. The zero-order valence-corrected chi connectivity index (χ0v) is 15.5. The zero-order valence-electron chi connectivity index (χ0n) is 15.5. The van der Waals surface area contributed by atoms with Gasteiger partial charge in [-0.15, -0.1) is 0 Å². The van der Waals surface area contributed by atoms with E-state index in [2.05, 4.69) is 10.6 Å². The Labute approximate surface area is 163 Å². The molecule has 2 aliphatic rings. The lowest BCUT2D eigenvalue weighted by atomic mass is 10.1. The first kappa shape index (κ1) is 18.2. The van der Waals surface area contributed by atoms with Gasteiger partial charge in [-0.1, -0.05) is 36.4 Å². The van der Waals surface area contributed by atoms with Gasteiger partial charge in [0, 0.05) is 19.6 Å². The number of hydrogen-bond acceptors (Lipinski definition) is 4. The minimum atomic E-state index is -0.440. The number of carbonyl (C=O) groups is 2. The second-order valence-electron chi connectivity index (χ2n) is 6.90. The summed E-state index contributed by atoms with van der Waals surface area (Å²) in [4.78, 5) is 26.8. The van der Waals surface area contributed by atoms with Crippen molar-refractivity contribution in [2.75, 3.05) is 13.3 Å². The molecule has 0 spiro atoms. The van der Waals surface area contributed by atoms with Gasteiger partial charge < -0.3 is 25.0 Å². The Balaban J connectivity index is 1.31. The van der Waals surface area contributed by atoms with Crippen molar-refractivity contribution in [1.82, 2.24) is 15.5 Å². The molecule has 1 saturated heterocycles. The van der Waals surface area contributed by atoms with Crippen molar-refractivity contribution in [3.63, 3.8) is 0 Å². The average molecular weight is 381 g/mol. The van der Waals surface area contributed by atoms with Gasteiger partial charge >= 0.3 is 6.03 Å². The highest BCUT2D eigenvalue weighted by molar-refractivity contribution is 5.87. The molecule has 7 nitrogen and oxygen atoms in total. The molecule has 2 aromatic rings. The van der Waals surface area contributed by atoms with Crippen molar-refractivity contribution in [2.24, 2.45) is 0 Å². The SMILES string of the molecule is O=C(NCc1ccc2c(c1)OCO2)C1CCCN1C(=O)NCc1ccccc1. The van der Waals surface area contributed by atoms with E-state index >= 15 is 0 Å². The zero-order chi connectivity index (χ0) is 19.3. The topological polar surface area (TPSA) is 79.9 Å². The highest BCUT2D eigenvalue weighted by Gasteiger charge is 2.33. The van der Waals surface area contributed by atoms with Gasteiger partial charge in [0.15, 0.2) is 11.5 Å². The van der Waals surface area contributed by atoms with E-state index in [1.54, 1.807) is 4.90 Å². The molecule has 1 unspecified atom stereocenters. The number of hydrogen-bond donors (Lipinski definition) is 2. The van der Waals surface area contributed by atoms with Crippen molar-refractivity contribution < 1.29 is 19.1 Å². The molecular weight excluding hydrogens is 358 g/mol.